The van der Waals surface area contributed by atoms with Crippen molar-refractivity contribution in [2.75, 3.05) is 19.8 Å². The molecule has 0 aliphatic carbocycles. The molecule has 0 aliphatic heterocycles. The van der Waals surface area contributed by atoms with Crippen LogP contribution in [-0.2, 0) is 14.2 Å². The van der Waals surface area contributed by atoms with E-state index in [-0.39, 0.29) is 0 Å². The summed E-state index contributed by atoms with van der Waals surface area (Å²) in [4.78, 5) is 0. The Balaban J connectivity index is 0. The van der Waals surface area contributed by atoms with Crippen molar-refractivity contribution in [3.63, 3.8) is 0 Å². The third-order valence-electron chi connectivity index (χ3n) is 3.74. The summed E-state index contributed by atoms with van der Waals surface area (Å²) in [7, 11) is -0.110. The molecule has 0 amide bonds. The maximum atomic E-state index is 5.30. The molecule has 0 rings (SSSR count). The van der Waals surface area contributed by atoms with Crippen LogP contribution in [-0.4, -0.2) is 38.1 Å². The molecule has 21 heavy (non-hydrogen) atoms. The number of hydrogen-bond donors (Lipinski definition) is 0. The minimum Gasteiger partial charge on any atom is -0.497 e. The lowest BCUT2D eigenvalue weighted by Crippen LogP contribution is -2.27. The van der Waals surface area contributed by atoms with E-state index in [1.807, 2.05) is 20.8 Å². The normalized spacial score (nSPS) is 10.2. The van der Waals surface area contributed by atoms with Gasteiger partial charge in [-0.15, -0.1) is 12.3 Å². The minimum atomic E-state index is -0.927. The lowest BCUT2D eigenvalue weighted by atomic mass is 10.8. The van der Waals surface area contributed by atoms with Crippen LogP contribution in [0, 0.1) is 0 Å². The van der Waals surface area contributed by atoms with Crippen molar-refractivity contribution < 1.29 is 14.2 Å². The molecule has 3 nitrogen and oxygen atoms in total. The SMILES string of the molecule is C=C[Si](CC)(CC)CC.CCOC([SiH3])=C(OCC)OCC. The molecule has 0 atom stereocenters. The summed E-state index contributed by atoms with van der Waals surface area (Å²) in [6.45, 7) is 18.5. The summed E-state index contributed by atoms with van der Waals surface area (Å²) in [5.41, 5.74) is 2.24. The van der Waals surface area contributed by atoms with Gasteiger partial charge in [0.1, 0.15) is 5.38 Å². The second-order valence-corrected chi connectivity index (χ2v) is 10.9. The first-order chi connectivity index (χ1) is 10.00. The zero-order chi connectivity index (χ0) is 16.7. The zero-order valence-electron chi connectivity index (χ0n) is 15.3. The molecule has 5 heteroatoms. The van der Waals surface area contributed by atoms with Crippen molar-refractivity contribution in [1.29, 1.82) is 0 Å². The van der Waals surface area contributed by atoms with E-state index in [1.165, 1.54) is 18.1 Å². The van der Waals surface area contributed by atoms with Gasteiger partial charge in [-0.1, -0.05) is 38.9 Å². The van der Waals surface area contributed by atoms with E-state index >= 15 is 0 Å². The lowest BCUT2D eigenvalue weighted by Gasteiger charge is -2.22. The molecule has 0 fully saturated rings. The Bertz CT molecular complexity index is 271. The Hall–Kier alpha value is -0.686. The highest BCUT2D eigenvalue weighted by atomic mass is 28.3. The highest BCUT2D eigenvalue weighted by Gasteiger charge is 2.21. The Morgan fingerprint density at radius 2 is 1.24 bits per heavy atom. The van der Waals surface area contributed by atoms with Crippen LogP contribution in [0.2, 0.25) is 18.1 Å². The summed E-state index contributed by atoms with van der Waals surface area (Å²) >= 11 is 0. The first kappa shape index (κ1) is 22.6. The zero-order valence-corrected chi connectivity index (χ0v) is 18.3. The van der Waals surface area contributed by atoms with Crippen molar-refractivity contribution in [2.24, 2.45) is 0 Å². The molecule has 126 valence electrons. The van der Waals surface area contributed by atoms with E-state index < -0.39 is 8.07 Å². The Morgan fingerprint density at radius 3 is 1.43 bits per heavy atom. The van der Waals surface area contributed by atoms with E-state index in [4.69, 9.17) is 14.2 Å². The van der Waals surface area contributed by atoms with E-state index in [0.29, 0.717) is 25.8 Å². The first-order valence-corrected chi connectivity index (χ1v) is 11.9. The molecule has 0 heterocycles. The lowest BCUT2D eigenvalue weighted by molar-refractivity contribution is 0.0288. The molecule has 0 bridgehead atoms. The Kier molecular flexibility index (Phi) is 15.3. The Morgan fingerprint density at radius 1 is 0.857 bits per heavy atom. The van der Waals surface area contributed by atoms with Crippen LogP contribution in [0.25, 0.3) is 0 Å². The third-order valence-corrected chi connectivity index (χ3v) is 9.53. The van der Waals surface area contributed by atoms with Gasteiger partial charge in [-0.2, -0.15) is 0 Å². The molecule has 0 radical (unpaired) electrons. The van der Waals surface area contributed by atoms with E-state index in [9.17, 15) is 0 Å². The molecular formula is C16H36O3Si2. The summed E-state index contributed by atoms with van der Waals surface area (Å²) in [5.74, 6) is 0.563. The molecule has 0 saturated heterocycles. The van der Waals surface area contributed by atoms with Crippen LogP contribution in [0.5, 0.6) is 0 Å². The van der Waals surface area contributed by atoms with Crippen LogP contribution in [0.4, 0.5) is 0 Å². The first-order valence-electron chi connectivity index (χ1n) is 8.23. The Labute approximate surface area is 136 Å². The molecule has 0 N–H and O–H groups in total. The second kappa shape index (κ2) is 14.3. The van der Waals surface area contributed by atoms with Crippen LogP contribution in [0.15, 0.2) is 23.6 Å². The average Bonchev–Trinajstić information content (AvgIpc) is 2.51. The van der Waals surface area contributed by atoms with Gasteiger partial charge in [0, 0.05) is 0 Å². The van der Waals surface area contributed by atoms with Gasteiger partial charge < -0.3 is 14.2 Å². The standard InChI is InChI=1S/C8H18O3Si.C8H18Si/c1-4-9-7(10-5-2)8(12)11-6-3;1-5-9(6-2,7-3)8-4/h4-6H2,1-3,12H3;5H,1,6-8H2,2-4H3. The fourth-order valence-corrected chi connectivity index (χ4v) is 4.91. The van der Waals surface area contributed by atoms with Gasteiger partial charge >= 0.3 is 5.95 Å². The molecule has 0 saturated carbocycles. The van der Waals surface area contributed by atoms with Crippen molar-refractivity contribution in [3.8, 4) is 0 Å². The van der Waals surface area contributed by atoms with Crippen molar-refractivity contribution >= 4 is 18.3 Å². The monoisotopic (exact) mass is 332 g/mol. The highest BCUT2D eigenvalue weighted by Crippen LogP contribution is 2.20. The molecule has 0 unspecified atom stereocenters. The minimum absolute atomic E-state index is 0.563. The third kappa shape index (κ3) is 9.79. The number of hydrogen-bond acceptors (Lipinski definition) is 3. The average molecular weight is 333 g/mol. The molecule has 0 spiro atoms. The number of ether oxygens (including phenoxy) is 3. The summed E-state index contributed by atoms with van der Waals surface area (Å²) < 4.78 is 15.8. The van der Waals surface area contributed by atoms with Crippen LogP contribution >= 0.6 is 0 Å². The molecule has 0 aromatic rings. The molecule has 0 aliphatic rings. The van der Waals surface area contributed by atoms with Crippen LogP contribution in [0.1, 0.15) is 41.5 Å². The predicted molar refractivity (Wildman–Crippen MR) is 99.2 cm³/mol. The predicted octanol–water partition coefficient (Wildman–Crippen LogP) is 3.81. The van der Waals surface area contributed by atoms with Gasteiger partial charge in [-0.3, -0.25) is 0 Å². The van der Waals surface area contributed by atoms with Gasteiger partial charge in [0.2, 0.25) is 0 Å². The van der Waals surface area contributed by atoms with E-state index in [0.717, 1.165) is 15.6 Å². The van der Waals surface area contributed by atoms with Crippen LogP contribution < -0.4 is 0 Å². The largest absolute Gasteiger partial charge is 0.497 e. The van der Waals surface area contributed by atoms with Crippen molar-refractivity contribution in [1.82, 2.24) is 0 Å². The van der Waals surface area contributed by atoms with Crippen molar-refractivity contribution in [2.45, 2.75) is 59.7 Å². The van der Waals surface area contributed by atoms with Gasteiger partial charge in [-0.05, 0) is 20.8 Å². The maximum Gasteiger partial charge on any atom is 0.312 e. The van der Waals surface area contributed by atoms with Gasteiger partial charge in [-0.25, -0.2) is 0 Å². The molecule has 0 aromatic carbocycles. The molecular weight excluding hydrogens is 296 g/mol. The van der Waals surface area contributed by atoms with Gasteiger partial charge in [0.15, 0.2) is 0 Å². The quantitative estimate of drug-likeness (QED) is 0.450. The topological polar surface area (TPSA) is 27.7 Å². The van der Waals surface area contributed by atoms with Gasteiger partial charge in [0.25, 0.3) is 0 Å². The van der Waals surface area contributed by atoms with Gasteiger partial charge in [0.05, 0.1) is 38.1 Å². The van der Waals surface area contributed by atoms with E-state index in [1.54, 1.807) is 0 Å². The van der Waals surface area contributed by atoms with Crippen molar-refractivity contribution in [3.05, 3.63) is 23.6 Å². The number of rotatable bonds is 10. The summed E-state index contributed by atoms with van der Waals surface area (Å²) in [5, 5.41) is 0.848. The van der Waals surface area contributed by atoms with Crippen LogP contribution in [0.3, 0.4) is 0 Å². The fraction of sp³-hybridized carbons (Fsp3) is 0.750. The molecule has 0 aromatic heterocycles. The highest BCUT2D eigenvalue weighted by molar-refractivity contribution is 6.84. The smallest absolute Gasteiger partial charge is 0.312 e. The fourth-order valence-electron chi connectivity index (χ4n) is 1.97. The summed E-state index contributed by atoms with van der Waals surface area (Å²) in [6.07, 6.45) is 0. The van der Waals surface area contributed by atoms with E-state index in [2.05, 4.69) is 33.0 Å². The summed E-state index contributed by atoms with van der Waals surface area (Å²) in [6, 6.07) is 4.09. The second-order valence-electron chi connectivity index (χ2n) is 4.77. The maximum absolute atomic E-state index is 5.30.